The summed E-state index contributed by atoms with van der Waals surface area (Å²) in [6.07, 6.45) is 0. The summed E-state index contributed by atoms with van der Waals surface area (Å²) in [7, 11) is 1.72. The molecule has 4 heteroatoms. The Bertz CT molecular complexity index is 315. The molecule has 0 spiro atoms. The molecule has 1 aromatic rings. The van der Waals surface area contributed by atoms with E-state index in [-0.39, 0.29) is 12.4 Å². The van der Waals surface area contributed by atoms with Crippen LogP contribution in [0.25, 0.3) is 0 Å². The number of nitrogens with one attached hydrogen (secondary N) is 1. The second-order valence-electron chi connectivity index (χ2n) is 2.79. The van der Waals surface area contributed by atoms with Crippen LogP contribution < -0.4 is 10.1 Å². The summed E-state index contributed by atoms with van der Waals surface area (Å²) in [6.45, 7) is 0.356. The normalized spacial score (nSPS) is 9.86. The molecule has 76 valence electrons. The third-order valence-corrected chi connectivity index (χ3v) is 1.91. The molecule has 0 atom stereocenters. The van der Waals surface area contributed by atoms with Crippen molar-refractivity contribution in [2.45, 2.75) is 0 Å². The minimum absolute atomic E-state index is 0.00702. The van der Waals surface area contributed by atoms with E-state index in [0.717, 1.165) is 0 Å². The smallest absolute Gasteiger partial charge is 0.183 e. The average molecular weight is 214 g/mol. The average Bonchev–Trinajstić information content (AvgIpc) is 2.17. The van der Waals surface area contributed by atoms with E-state index in [1.807, 2.05) is 12.1 Å². The van der Waals surface area contributed by atoms with Crippen LogP contribution in [0.2, 0.25) is 5.02 Å². The van der Waals surface area contributed by atoms with Gasteiger partial charge in [-0.1, -0.05) is 23.7 Å². The fourth-order valence-corrected chi connectivity index (χ4v) is 1.16. The molecule has 0 amide bonds. The van der Waals surface area contributed by atoms with Crippen LogP contribution in [0.5, 0.6) is 5.75 Å². The topological polar surface area (TPSA) is 38.3 Å². The molecule has 0 unspecified atom stereocenters. The minimum Gasteiger partial charge on any atom is -0.484 e. The highest BCUT2D eigenvalue weighted by molar-refractivity contribution is 6.32. The van der Waals surface area contributed by atoms with Crippen LogP contribution in [0.1, 0.15) is 0 Å². The third kappa shape index (κ3) is 3.36. The van der Waals surface area contributed by atoms with Crippen LogP contribution in [0.3, 0.4) is 0 Å². The van der Waals surface area contributed by atoms with E-state index in [4.69, 9.17) is 16.3 Å². The van der Waals surface area contributed by atoms with Gasteiger partial charge in [0.05, 0.1) is 11.6 Å². The van der Waals surface area contributed by atoms with E-state index in [1.165, 1.54) is 0 Å². The number of hydrogen-bond acceptors (Lipinski definition) is 3. The monoisotopic (exact) mass is 213 g/mol. The van der Waals surface area contributed by atoms with Gasteiger partial charge in [0, 0.05) is 0 Å². The van der Waals surface area contributed by atoms with E-state index in [1.54, 1.807) is 19.2 Å². The van der Waals surface area contributed by atoms with Crippen molar-refractivity contribution in [3.05, 3.63) is 29.3 Å². The zero-order chi connectivity index (χ0) is 10.4. The van der Waals surface area contributed by atoms with Crippen LogP contribution in [0.4, 0.5) is 0 Å². The van der Waals surface area contributed by atoms with Crippen molar-refractivity contribution in [1.29, 1.82) is 0 Å². The molecule has 3 nitrogen and oxygen atoms in total. The summed E-state index contributed by atoms with van der Waals surface area (Å²) >= 11 is 5.83. The number of carbonyl (C=O) groups excluding carboxylic acids is 1. The summed E-state index contributed by atoms with van der Waals surface area (Å²) < 4.78 is 5.23. The maximum Gasteiger partial charge on any atom is 0.183 e. The van der Waals surface area contributed by atoms with Gasteiger partial charge in [0.2, 0.25) is 0 Å². The van der Waals surface area contributed by atoms with Crippen LogP contribution in [0, 0.1) is 0 Å². The van der Waals surface area contributed by atoms with Gasteiger partial charge in [0.1, 0.15) is 12.4 Å². The Hall–Kier alpha value is -1.06. The maximum absolute atomic E-state index is 11.1. The molecule has 0 heterocycles. The molecule has 0 aliphatic heterocycles. The summed E-state index contributed by atoms with van der Waals surface area (Å²) in [6, 6.07) is 7.07. The Morgan fingerprint density at radius 3 is 2.86 bits per heavy atom. The summed E-state index contributed by atoms with van der Waals surface area (Å²) in [5, 5.41) is 3.27. The molecule has 0 bridgehead atoms. The first-order valence-electron chi connectivity index (χ1n) is 4.27. The molecule has 1 rings (SSSR count). The van der Waals surface area contributed by atoms with Crippen molar-refractivity contribution >= 4 is 17.4 Å². The SMILES string of the molecule is CNCC(=O)COc1ccccc1Cl. The minimum atomic E-state index is -0.00702. The van der Waals surface area contributed by atoms with Gasteiger partial charge < -0.3 is 10.1 Å². The van der Waals surface area contributed by atoms with Crippen molar-refractivity contribution in [2.75, 3.05) is 20.2 Å². The third-order valence-electron chi connectivity index (χ3n) is 1.60. The van der Waals surface area contributed by atoms with Crippen LogP contribution in [0.15, 0.2) is 24.3 Å². The van der Waals surface area contributed by atoms with E-state index in [0.29, 0.717) is 17.3 Å². The molecule has 0 aliphatic rings. The second-order valence-corrected chi connectivity index (χ2v) is 3.20. The number of hydrogen-bond donors (Lipinski definition) is 1. The molecular formula is C10H12ClNO2. The Morgan fingerprint density at radius 2 is 2.21 bits per heavy atom. The highest BCUT2D eigenvalue weighted by Gasteiger charge is 2.03. The first-order valence-corrected chi connectivity index (χ1v) is 4.65. The number of ether oxygens (including phenoxy) is 1. The van der Waals surface area contributed by atoms with Crippen molar-refractivity contribution in [3.63, 3.8) is 0 Å². The molecule has 1 N–H and O–H groups in total. The van der Waals surface area contributed by atoms with Crippen molar-refractivity contribution in [1.82, 2.24) is 5.32 Å². The molecule has 0 radical (unpaired) electrons. The van der Waals surface area contributed by atoms with E-state index >= 15 is 0 Å². The lowest BCUT2D eigenvalue weighted by atomic mass is 10.3. The lowest BCUT2D eigenvalue weighted by Gasteiger charge is -2.06. The molecule has 0 aliphatic carbocycles. The fraction of sp³-hybridized carbons (Fsp3) is 0.300. The van der Waals surface area contributed by atoms with Gasteiger partial charge in [0.25, 0.3) is 0 Å². The first-order chi connectivity index (χ1) is 6.74. The number of rotatable bonds is 5. The Balaban J connectivity index is 2.46. The number of carbonyl (C=O) groups is 1. The van der Waals surface area contributed by atoms with Crippen LogP contribution >= 0.6 is 11.6 Å². The maximum atomic E-state index is 11.1. The molecule has 1 aromatic carbocycles. The number of likely N-dealkylation sites (N-methyl/N-ethyl adjacent to an activating group) is 1. The molecule has 0 saturated heterocycles. The fourth-order valence-electron chi connectivity index (χ4n) is 0.968. The van der Waals surface area contributed by atoms with Gasteiger partial charge in [-0.2, -0.15) is 0 Å². The summed E-state index contributed by atoms with van der Waals surface area (Å²) in [4.78, 5) is 11.1. The zero-order valence-electron chi connectivity index (χ0n) is 7.92. The quantitative estimate of drug-likeness (QED) is 0.806. The van der Waals surface area contributed by atoms with Crippen LogP contribution in [-0.4, -0.2) is 26.0 Å². The number of para-hydroxylation sites is 1. The number of halogens is 1. The Kier molecular flexibility index (Phi) is 4.43. The van der Waals surface area contributed by atoms with Crippen LogP contribution in [-0.2, 0) is 4.79 Å². The highest BCUT2D eigenvalue weighted by atomic mass is 35.5. The molecule has 0 aromatic heterocycles. The van der Waals surface area contributed by atoms with Gasteiger partial charge in [-0.05, 0) is 19.2 Å². The molecule has 0 saturated carbocycles. The van der Waals surface area contributed by atoms with Gasteiger partial charge in [-0.15, -0.1) is 0 Å². The lowest BCUT2D eigenvalue weighted by Crippen LogP contribution is -2.23. The predicted molar refractivity (Wildman–Crippen MR) is 55.9 cm³/mol. The van der Waals surface area contributed by atoms with Crippen molar-refractivity contribution in [2.24, 2.45) is 0 Å². The standard InChI is InChI=1S/C10H12ClNO2/c1-12-6-8(13)7-14-10-5-3-2-4-9(10)11/h2-5,12H,6-7H2,1H3. The predicted octanol–water partition coefficient (Wildman–Crippen LogP) is 1.51. The van der Waals surface area contributed by atoms with Crippen molar-refractivity contribution < 1.29 is 9.53 Å². The molecule has 0 fully saturated rings. The Labute approximate surface area is 88.0 Å². The van der Waals surface area contributed by atoms with Crippen molar-refractivity contribution in [3.8, 4) is 5.75 Å². The van der Waals surface area contributed by atoms with E-state index in [9.17, 15) is 4.79 Å². The summed E-state index contributed by atoms with van der Waals surface area (Å²) in [5.41, 5.74) is 0. The van der Waals surface area contributed by atoms with Gasteiger partial charge in [-0.25, -0.2) is 0 Å². The van der Waals surface area contributed by atoms with Gasteiger partial charge in [-0.3, -0.25) is 4.79 Å². The first kappa shape index (κ1) is 11.0. The number of Topliss-reactive ketones (excluding diaryl/α,β-unsaturated/α-hetero) is 1. The molecular weight excluding hydrogens is 202 g/mol. The van der Waals surface area contributed by atoms with Gasteiger partial charge in [0.15, 0.2) is 5.78 Å². The number of benzene rings is 1. The Morgan fingerprint density at radius 1 is 1.50 bits per heavy atom. The highest BCUT2D eigenvalue weighted by Crippen LogP contribution is 2.22. The second kappa shape index (κ2) is 5.62. The van der Waals surface area contributed by atoms with E-state index in [2.05, 4.69) is 5.32 Å². The van der Waals surface area contributed by atoms with E-state index < -0.39 is 0 Å². The zero-order valence-corrected chi connectivity index (χ0v) is 8.67. The molecule has 14 heavy (non-hydrogen) atoms. The summed E-state index contributed by atoms with van der Waals surface area (Å²) in [5.74, 6) is 0.533. The number of ketones is 1. The largest absolute Gasteiger partial charge is 0.484 e. The van der Waals surface area contributed by atoms with Gasteiger partial charge >= 0.3 is 0 Å². The lowest BCUT2D eigenvalue weighted by molar-refractivity contribution is -0.120.